The fourth-order valence-electron chi connectivity index (χ4n) is 3.34. The second-order valence-electron chi connectivity index (χ2n) is 6.49. The van der Waals surface area contributed by atoms with Gasteiger partial charge in [0.1, 0.15) is 24.1 Å². The minimum atomic E-state index is -0.813. The van der Waals surface area contributed by atoms with Crippen LogP contribution in [-0.2, 0) is 19.0 Å². The number of aromatic nitrogens is 4. The molecule has 2 fully saturated rings. The number of ether oxygens (including phenoxy) is 3. The van der Waals surface area contributed by atoms with E-state index >= 15 is 0 Å². The maximum Gasteiger partial charge on any atom is 0.252 e. The molecule has 0 aromatic carbocycles. The van der Waals surface area contributed by atoms with Crippen molar-refractivity contribution in [3.8, 4) is 0 Å². The molecular formula is C15H20N6O4. The van der Waals surface area contributed by atoms with Crippen LogP contribution in [0.3, 0.4) is 0 Å². The molecule has 0 aliphatic carbocycles. The summed E-state index contributed by atoms with van der Waals surface area (Å²) < 4.78 is 19.6. The zero-order chi connectivity index (χ0) is 17.8. The number of nitrogen functional groups attached to an aromatic ring is 1. The summed E-state index contributed by atoms with van der Waals surface area (Å²) in [5, 5.41) is 2.77. The summed E-state index contributed by atoms with van der Waals surface area (Å²) >= 11 is 0. The Labute approximate surface area is 143 Å². The Morgan fingerprint density at radius 2 is 2.08 bits per heavy atom. The normalized spacial score (nSPS) is 30.5. The lowest BCUT2D eigenvalue weighted by molar-refractivity contribution is -0.197. The zero-order valence-corrected chi connectivity index (χ0v) is 14.2. The van der Waals surface area contributed by atoms with Crippen molar-refractivity contribution in [2.24, 2.45) is 0 Å². The molecule has 4 heterocycles. The Morgan fingerprint density at radius 1 is 1.32 bits per heavy atom. The first-order chi connectivity index (χ1) is 11.9. The average molecular weight is 348 g/mol. The fraction of sp³-hybridized carbons (Fsp3) is 0.600. The molecule has 2 aromatic rings. The van der Waals surface area contributed by atoms with Crippen molar-refractivity contribution in [1.82, 2.24) is 24.8 Å². The van der Waals surface area contributed by atoms with Crippen LogP contribution in [0.25, 0.3) is 11.2 Å². The number of amides is 1. The first-order valence-electron chi connectivity index (χ1n) is 8.13. The summed E-state index contributed by atoms with van der Waals surface area (Å²) in [6.45, 7) is 5.97. The number of likely N-dealkylation sites (N-methyl/N-ethyl adjacent to an activating group) is 1. The molecule has 134 valence electrons. The van der Waals surface area contributed by atoms with Gasteiger partial charge in [-0.05, 0) is 20.8 Å². The predicted octanol–water partition coefficient (Wildman–Crippen LogP) is -0.0379. The van der Waals surface area contributed by atoms with Crippen LogP contribution in [0.4, 0.5) is 5.82 Å². The third kappa shape index (κ3) is 2.53. The van der Waals surface area contributed by atoms with E-state index in [0.717, 1.165) is 0 Å². The number of anilines is 1. The summed E-state index contributed by atoms with van der Waals surface area (Å²) in [5.41, 5.74) is 6.83. The highest BCUT2D eigenvalue weighted by atomic mass is 16.8. The van der Waals surface area contributed by atoms with Crippen molar-refractivity contribution in [2.75, 3.05) is 12.3 Å². The number of imidazole rings is 1. The molecule has 4 rings (SSSR count). The molecule has 10 nitrogen and oxygen atoms in total. The van der Waals surface area contributed by atoms with Crippen LogP contribution in [0.2, 0.25) is 0 Å². The molecular weight excluding hydrogens is 328 g/mol. The minimum Gasteiger partial charge on any atom is -0.382 e. The lowest BCUT2D eigenvalue weighted by Gasteiger charge is -2.24. The Balaban J connectivity index is 1.73. The van der Waals surface area contributed by atoms with Crippen molar-refractivity contribution in [1.29, 1.82) is 0 Å². The third-order valence-corrected chi connectivity index (χ3v) is 4.30. The SMILES string of the molecule is CCNC(=O)[C@H]1O[C@@H](n2cnc3c(N)ncnc32)[C@H]2OC(C)(C)O[C@H]21. The van der Waals surface area contributed by atoms with Crippen molar-refractivity contribution >= 4 is 22.9 Å². The van der Waals surface area contributed by atoms with E-state index in [4.69, 9.17) is 19.9 Å². The fourth-order valence-corrected chi connectivity index (χ4v) is 3.34. The number of carbonyl (C=O) groups excluding carboxylic acids is 1. The summed E-state index contributed by atoms with van der Waals surface area (Å²) in [5.74, 6) is -0.769. The molecule has 4 atom stereocenters. The maximum absolute atomic E-state index is 12.4. The van der Waals surface area contributed by atoms with E-state index in [2.05, 4.69) is 20.3 Å². The molecule has 2 aliphatic heterocycles. The van der Waals surface area contributed by atoms with E-state index in [1.165, 1.54) is 6.33 Å². The number of nitrogens with two attached hydrogens (primary N) is 1. The molecule has 0 unspecified atom stereocenters. The number of fused-ring (bicyclic) bond motifs is 2. The number of nitrogens with one attached hydrogen (secondary N) is 1. The Hall–Kier alpha value is -2.30. The average Bonchev–Trinajstić information content (AvgIpc) is 3.18. The van der Waals surface area contributed by atoms with Crippen LogP contribution in [0.1, 0.15) is 27.0 Å². The van der Waals surface area contributed by atoms with Gasteiger partial charge in [0.05, 0.1) is 6.33 Å². The molecule has 2 saturated heterocycles. The smallest absolute Gasteiger partial charge is 0.252 e. The Bertz CT molecular complexity index is 821. The van der Waals surface area contributed by atoms with Crippen molar-refractivity contribution in [3.05, 3.63) is 12.7 Å². The molecule has 2 aliphatic rings. The molecule has 0 spiro atoms. The van der Waals surface area contributed by atoms with Gasteiger partial charge >= 0.3 is 0 Å². The first-order valence-corrected chi connectivity index (χ1v) is 8.13. The second-order valence-corrected chi connectivity index (χ2v) is 6.49. The Kier molecular flexibility index (Phi) is 3.63. The van der Waals surface area contributed by atoms with Crippen LogP contribution < -0.4 is 11.1 Å². The van der Waals surface area contributed by atoms with Gasteiger partial charge in [-0.3, -0.25) is 9.36 Å². The van der Waals surface area contributed by atoms with Gasteiger partial charge in [-0.15, -0.1) is 0 Å². The van der Waals surface area contributed by atoms with E-state index in [1.807, 2.05) is 20.8 Å². The number of carbonyl (C=O) groups is 1. The molecule has 0 bridgehead atoms. The van der Waals surface area contributed by atoms with Crippen LogP contribution in [0.5, 0.6) is 0 Å². The van der Waals surface area contributed by atoms with Crippen molar-refractivity contribution in [2.45, 2.75) is 51.1 Å². The topological polar surface area (TPSA) is 126 Å². The molecule has 25 heavy (non-hydrogen) atoms. The Morgan fingerprint density at radius 3 is 2.84 bits per heavy atom. The lowest BCUT2D eigenvalue weighted by atomic mass is 10.1. The highest BCUT2D eigenvalue weighted by Gasteiger charge is 2.58. The van der Waals surface area contributed by atoms with Crippen molar-refractivity contribution < 1.29 is 19.0 Å². The van der Waals surface area contributed by atoms with Crippen LogP contribution in [0.15, 0.2) is 12.7 Å². The molecule has 1 amide bonds. The number of hydrogen-bond acceptors (Lipinski definition) is 8. The molecule has 2 aromatic heterocycles. The first kappa shape index (κ1) is 16.2. The van der Waals surface area contributed by atoms with Gasteiger partial charge in [-0.1, -0.05) is 0 Å². The summed E-state index contributed by atoms with van der Waals surface area (Å²) in [6.07, 6.45) is 0.526. The van der Waals surface area contributed by atoms with E-state index in [-0.39, 0.29) is 11.7 Å². The molecule has 10 heteroatoms. The van der Waals surface area contributed by atoms with Crippen LogP contribution >= 0.6 is 0 Å². The van der Waals surface area contributed by atoms with Gasteiger partial charge < -0.3 is 25.3 Å². The quantitative estimate of drug-likeness (QED) is 0.791. The van der Waals surface area contributed by atoms with Crippen LogP contribution in [-0.4, -0.2) is 56.1 Å². The summed E-state index contributed by atoms with van der Waals surface area (Å²) in [4.78, 5) is 24.8. The predicted molar refractivity (Wildman–Crippen MR) is 86.2 cm³/mol. The summed E-state index contributed by atoms with van der Waals surface area (Å²) in [7, 11) is 0. The molecule has 0 radical (unpaired) electrons. The number of hydrogen-bond donors (Lipinski definition) is 2. The standard InChI is InChI=1S/C15H20N6O4/c1-4-17-13(22)9-8-10(25-15(2,3)24-8)14(23-9)21-6-20-7-11(16)18-5-19-12(7)21/h5-6,8-10,14H,4H2,1-3H3,(H,17,22)(H2,16,18,19)/t8-,9-,10-,14+/m0/s1. The van der Waals surface area contributed by atoms with E-state index in [0.29, 0.717) is 17.7 Å². The van der Waals surface area contributed by atoms with E-state index in [1.54, 1.807) is 10.9 Å². The highest BCUT2D eigenvalue weighted by molar-refractivity contribution is 5.82. The van der Waals surface area contributed by atoms with E-state index in [9.17, 15) is 4.79 Å². The number of nitrogens with zero attached hydrogens (tertiary/aromatic N) is 4. The second kappa shape index (κ2) is 5.61. The lowest BCUT2D eigenvalue weighted by Crippen LogP contribution is -2.42. The highest BCUT2D eigenvalue weighted by Crippen LogP contribution is 2.43. The third-order valence-electron chi connectivity index (χ3n) is 4.30. The monoisotopic (exact) mass is 348 g/mol. The van der Waals surface area contributed by atoms with Gasteiger partial charge in [0, 0.05) is 6.54 Å². The number of rotatable bonds is 3. The largest absolute Gasteiger partial charge is 0.382 e. The van der Waals surface area contributed by atoms with Gasteiger partial charge in [0.2, 0.25) is 0 Å². The maximum atomic E-state index is 12.4. The molecule has 0 saturated carbocycles. The minimum absolute atomic E-state index is 0.236. The van der Waals surface area contributed by atoms with Gasteiger partial charge in [-0.25, -0.2) is 15.0 Å². The van der Waals surface area contributed by atoms with Gasteiger partial charge in [0.15, 0.2) is 29.6 Å². The van der Waals surface area contributed by atoms with E-state index < -0.39 is 30.3 Å². The van der Waals surface area contributed by atoms with Gasteiger partial charge in [0.25, 0.3) is 5.91 Å². The molecule has 3 N–H and O–H groups in total. The van der Waals surface area contributed by atoms with Crippen LogP contribution in [0, 0.1) is 0 Å². The zero-order valence-electron chi connectivity index (χ0n) is 14.2. The summed E-state index contributed by atoms with van der Waals surface area (Å²) in [6, 6.07) is 0. The van der Waals surface area contributed by atoms with Gasteiger partial charge in [-0.2, -0.15) is 0 Å². The van der Waals surface area contributed by atoms with Crippen molar-refractivity contribution in [3.63, 3.8) is 0 Å².